The van der Waals surface area contributed by atoms with Gasteiger partial charge in [0.25, 0.3) is 0 Å². The quantitative estimate of drug-likeness (QED) is 0.425. The summed E-state index contributed by atoms with van der Waals surface area (Å²) in [5.41, 5.74) is 0. The van der Waals surface area contributed by atoms with Gasteiger partial charge in [0.05, 0.1) is 66.1 Å². The van der Waals surface area contributed by atoms with Gasteiger partial charge in [0.2, 0.25) is 0 Å². The first-order valence-electron chi connectivity index (χ1n) is 6.85. The lowest BCUT2D eigenvalue weighted by molar-refractivity contribution is 0.00965. The first-order chi connectivity index (χ1) is 9.83. The Labute approximate surface area is 121 Å². The van der Waals surface area contributed by atoms with Gasteiger partial charge in [-0.15, -0.1) is 0 Å². The van der Waals surface area contributed by atoms with Crippen molar-refractivity contribution in [3.8, 4) is 0 Å². The van der Waals surface area contributed by atoms with Gasteiger partial charge in [0.1, 0.15) is 0 Å². The van der Waals surface area contributed by atoms with E-state index in [1.807, 2.05) is 6.92 Å². The lowest BCUT2D eigenvalue weighted by atomic mass is 10.7. The van der Waals surface area contributed by atoms with Crippen molar-refractivity contribution < 1.29 is 33.9 Å². The highest BCUT2D eigenvalue weighted by Crippen LogP contribution is 1.80. The summed E-state index contributed by atoms with van der Waals surface area (Å²) < 4.78 is 24.7. The van der Waals surface area contributed by atoms with Crippen molar-refractivity contribution in [3.05, 3.63) is 0 Å². The second-order valence-electron chi connectivity index (χ2n) is 3.47. The summed E-state index contributed by atoms with van der Waals surface area (Å²) in [6, 6.07) is 0. The van der Waals surface area contributed by atoms with Gasteiger partial charge in [-0.2, -0.15) is 0 Å². The van der Waals surface area contributed by atoms with E-state index in [4.69, 9.17) is 29.2 Å². The Morgan fingerprint density at radius 1 is 0.600 bits per heavy atom. The third-order valence-corrected chi connectivity index (χ3v) is 1.85. The summed E-state index contributed by atoms with van der Waals surface area (Å²) in [6.07, 6.45) is 0. The van der Waals surface area contributed by atoms with Crippen LogP contribution in [0.1, 0.15) is 6.92 Å². The zero-order valence-electron chi connectivity index (χ0n) is 12.7. The topological polar surface area (TPSA) is 86.6 Å². The molecule has 0 fully saturated rings. The number of hydrogen-bond donors (Lipinski definition) is 2. The van der Waals surface area contributed by atoms with Crippen molar-refractivity contribution in [2.75, 3.05) is 79.8 Å². The fourth-order valence-corrected chi connectivity index (χ4v) is 0.958. The van der Waals surface area contributed by atoms with Crippen LogP contribution in [0.3, 0.4) is 0 Å². The average molecular weight is 298 g/mol. The maximum absolute atomic E-state index is 8.35. The second kappa shape index (κ2) is 23.8. The van der Waals surface area contributed by atoms with Crippen molar-refractivity contribution in [2.24, 2.45) is 0 Å². The Kier molecular flexibility index (Phi) is 26.2. The molecule has 0 saturated heterocycles. The highest BCUT2D eigenvalue weighted by molar-refractivity contribution is 4.32. The normalized spacial score (nSPS) is 10.2. The SMILES string of the molecule is CCOCCOCCOCCO.COCCOCCO. The van der Waals surface area contributed by atoms with Gasteiger partial charge in [-0.1, -0.05) is 0 Å². The van der Waals surface area contributed by atoms with Gasteiger partial charge < -0.3 is 33.9 Å². The van der Waals surface area contributed by atoms with Gasteiger partial charge in [0, 0.05) is 13.7 Å². The molecular weight excluding hydrogens is 268 g/mol. The van der Waals surface area contributed by atoms with Crippen LogP contribution in [0.2, 0.25) is 0 Å². The Bertz CT molecular complexity index is 131. The highest BCUT2D eigenvalue weighted by Gasteiger charge is 1.88. The van der Waals surface area contributed by atoms with Crippen LogP contribution in [0.4, 0.5) is 0 Å². The van der Waals surface area contributed by atoms with Crippen LogP contribution >= 0.6 is 0 Å². The van der Waals surface area contributed by atoms with Crippen molar-refractivity contribution in [2.45, 2.75) is 6.92 Å². The third kappa shape index (κ3) is 26.3. The molecule has 0 unspecified atom stereocenters. The smallest absolute Gasteiger partial charge is 0.0701 e. The maximum Gasteiger partial charge on any atom is 0.0701 e. The standard InChI is InChI=1S/C8H18O4.C5H12O3/c1-2-10-5-6-12-8-7-11-4-3-9;1-7-4-5-8-3-2-6/h9H,2-8H2,1H3;6H,2-5H2,1H3. The van der Waals surface area contributed by atoms with Crippen molar-refractivity contribution >= 4 is 0 Å². The summed E-state index contributed by atoms with van der Waals surface area (Å²) in [4.78, 5) is 0. The molecule has 2 N–H and O–H groups in total. The van der Waals surface area contributed by atoms with Crippen LogP contribution in [0.25, 0.3) is 0 Å². The molecule has 20 heavy (non-hydrogen) atoms. The van der Waals surface area contributed by atoms with Gasteiger partial charge in [-0.05, 0) is 6.92 Å². The second-order valence-corrected chi connectivity index (χ2v) is 3.47. The van der Waals surface area contributed by atoms with Crippen LogP contribution in [-0.4, -0.2) is 90.0 Å². The molecule has 0 saturated carbocycles. The fraction of sp³-hybridized carbons (Fsp3) is 1.00. The third-order valence-electron chi connectivity index (χ3n) is 1.85. The van der Waals surface area contributed by atoms with Gasteiger partial charge in [-0.25, -0.2) is 0 Å². The molecule has 0 aromatic rings. The molecule has 0 bridgehead atoms. The van der Waals surface area contributed by atoms with E-state index in [1.165, 1.54) is 0 Å². The van der Waals surface area contributed by atoms with Crippen LogP contribution in [0.15, 0.2) is 0 Å². The van der Waals surface area contributed by atoms with Crippen molar-refractivity contribution in [1.29, 1.82) is 0 Å². The first-order valence-corrected chi connectivity index (χ1v) is 6.85. The van der Waals surface area contributed by atoms with E-state index in [9.17, 15) is 0 Å². The van der Waals surface area contributed by atoms with Crippen molar-refractivity contribution in [3.63, 3.8) is 0 Å². The van der Waals surface area contributed by atoms with E-state index in [1.54, 1.807) is 7.11 Å². The van der Waals surface area contributed by atoms with E-state index in [-0.39, 0.29) is 13.2 Å². The number of methoxy groups -OCH3 is 1. The summed E-state index contributed by atoms with van der Waals surface area (Å²) in [6.45, 7) is 7.12. The Morgan fingerprint density at radius 2 is 1.00 bits per heavy atom. The molecule has 0 aromatic heterocycles. The van der Waals surface area contributed by atoms with Gasteiger partial charge >= 0.3 is 0 Å². The van der Waals surface area contributed by atoms with Crippen LogP contribution in [0.5, 0.6) is 0 Å². The highest BCUT2D eigenvalue weighted by atomic mass is 16.5. The monoisotopic (exact) mass is 298 g/mol. The molecule has 124 valence electrons. The predicted molar refractivity (Wildman–Crippen MR) is 75.0 cm³/mol. The molecule has 0 aromatic carbocycles. The van der Waals surface area contributed by atoms with E-state index in [0.29, 0.717) is 52.9 Å². The molecule has 0 aliphatic heterocycles. The van der Waals surface area contributed by atoms with Crippen LogP contribution < -0.4 is 0 Å². The summed E-state index contributed by atoms with van der Waals surface area (Å²) in [7, 11) is 1.61. The fourth-order valence-electron chi connectivity index (χ4n) is 0.958. The van der Waals surface area contributed by atoms with Crippen molar-refractivity contribution in [1.82, 2.24) is 0 Å². The number of ether oxygens (including phenoxy) is 5. The van der Waals surface area contributed by atoms with E-state index >= 15 is 0 Å². The van der Waals surface area contributed by atoms with E-state index < -0.39 is 0 Å². The number of aliphatic hydroxyl groups excluding tert-OH is 2. The number of hydrogen-bond acceptors (Lipinski definition) is 7. The summed E-state index contributed by atoms with van der Waals surface area (Å²) in [5.74, 6) is 0. The van der Waals surface area contributed by atoms with E-state index in [0.717, 1.165) is 6.61 Å². The van der Waals surface area contributed by atoms with Gasteiger partial charge in [-0.3, -0.25) is 0 Å². The van der Waals surface area contributed by atoms with Crippen LogP contribution in [0, 0.1) is 0 Å². The first kappa shape index (κ1) is 22.0. The summed E-state index contributed by atoms with van der Waals surface area (Å²) in [5, 5.41) is 16.6. The zero-order chi connectivity index (χ0) is 15.3. The summed E-state index contributed by atoms with van der Waals surface area (Å²) >= 11 is 0. The molecule has 0 aliphatic carbocycles. The average Bonchev–Trinajstić information content (AvgIpc) is 2.47. The molecule has 0 amide bonds. The van der Waals surface area contributed by atoms with Gasteiger partial charge in [0.15, 0.2) is 0 Å². The molecule has 0 spiro atoms. The molecular formula is C13H30O7. The maximum atomic E-state index is 8.35. The lowest BCUT2D eigenvalue weighted by Crippen LogP contribution is -2.10. The molecule has 0 aliphatic rings. The largest absolute Gasteiger partial charge is 0.394 e. The molecule has 0 rings (SSSR count). The van der Waals surface area contributed by atoms with E-state index in [2.05, 4.69) is 4.74 Å². The van der Waals surface area contributed by atoms with Crippen LogP contribution in [-0.2, 0) is 23.7 Å². The zero-order valence-corrected chi connectivity index (χ0v) is 12.7. The Balaban J connectivity index is 0. The molecule has 0 radical (unpaired) electrons. The number of aliphatic hydroxyl groups is 2. The molecule has 0 heterocycles. The minimum Gasteiger partial charge on any atom is -0.394 e. The molecule has 0 atom stereocenters. The minimum atomic E-state index is 0.0684. The minimum absolute atomic E-state index is 0.0684. The molecule has 7 heteroatoms. The number of rotatable bonds is 14. The lowest BCUT2D eigenvalue weighted by Gasteiger charge is -2.04. The predicted octanol–water partition coefficient (Wildman–Crippen LogP) is -0.310. The molecule has 7 nitrogen and oxygen atoms in total. The Morgan fingerprint density at radius 3 is 1.40 bits per heavy atom. The Hall–Kier alpha value is -0.280.